The van der Waals surface area contributed by atoms with E-state index in [2.05, 4.69) is 20.9 Å². The highest BCUT2D eigenvalue weighted by Gasteiger charge is 2.10. The molecule has 0 bridgehead atoms. The second-order valence-electron chi connectivity index (χ2n) is 3.45. The number of rotatable bonds is 3. The van der Waals surface area contributed by atoms with Gasteiger partial charge in [0.2, 0.25) is 5.88 Å². The number of benzene rings is 1. The molecule has 2 aromatic rings. The topological polar surface area (TPSA) is 72.0 Å². The minimum Gasteiger partial charge on any atom is -0.437 e. The maximum atomic E-state index is 7.45. The summed E-state index contributed by atoms with van der Waals surface area (Å²) in [6, 6.07) is 8.58. The van der Waals surface area contributed by atoms with Gasteiger partial charge in [-0.2, -0.15) is 0 Å². The van der Waals surface area contributed by atoms with Crippen molar-refractivity contribution in [3.05, 3.63) is 51.6 Å². The number of nitrogens with two attached hydrogens (primary N) is 1. The van der Waals surface area contributed by atoms with Gasteiger partial charge in [0.05, 0.1) is 10.6 Å². The van der Waals surface area contributed by atoms with Crippen LogP contribution in [0.5, 0.6) is 11.6 Å². The fourth-order valence-corrected chi connectivity index (χ4v) is 1.83. The van der Waals surface area contributed by atoms with E-state index in [9.17, 15) is 0 Å². The number of halogens is 2. The Labute approximate surface area is 117 Å². The van der Waals surface area contributed by atoms with Crippen molar-refractivity contribution in [2.24, 2.45) is 5.73 Å². The predicted octanol–water partition coefficient (Wildman–Crippen LogP) is 3.57. The monoisotopic (exact) mass is 325 g/mol. The van der Waals surface area contributed by atoms with E-state index in [-0.39, 0.29) is 11.7 Å². The van der Waals surface area contributed by atoms with Crippen molar-refractivity contribution >= 4 is 33.4 Å². The first-order valence-electron chi connectivity index (χ1n) is 5.00. The Morgan fingerprint density at radius 2 is 2.17 bits per heavy atom. The standard InChI is InChI=1S/C12H9BrClN3O/c13-7-3-4-9(14)10(6-7)18-12-8(11(15)16)2-1-5-17-12/h1-6H,(H3,15,16). The Morgan fingerprint density at radius 1 is 1.39 bits per heavy atom. The van der Waals surface area contributed by atoms with Crippen LogP contribution in [0.3, 0.4) is 0 Å². The maximum absolute atomic E-state index is 7.45. The number of ether oxygens (including phenoxy) is 1. The lowest BCUT2D eigenvalue weighted by atomic mass is 10.2. The third-order valence-corrected chi connectivity index (χ3v) is 2.97. The van der Waals surface area contributed by atoms with E-state index in [4.69, 9.17) is 27.5 Å². The van der Waals surface area contributed by atoms with Crippen molar-refractivity contribution in [2.45, 2.75) is 0 Å². The number of nitrogen functional groups attached to an aromatic ring is 1. The zero-order valence-corrected chi connectivity index (χ0v) is 11.5. The van der Waals surface area contributed by atoms with Crippen LogP contribution in [0.4, 0.5) is 0 Å². The molecule has 92 valence electrons. The van der Waals surface area contributed by atoms with Gasteiger partial charge in [-0.05, 0) is 30.3 Å². The lowest BCUT2D eigenvalue weighted by Crippen LogP contribution is -2.12. The molecule has 0 atom stereocenters. The van der Waals surface area contributed by atoms with Crippen LogP contribution in [0, 0.1) is 5.41 Å². The van der Waals surface area contributed by atoms with Crippen LogP contribution in [-0.2, 0) is 0 Å². The number of nitrogens with one attached hydrogen (secondary N) is 1. The molecule has 0 aliphatic heterocycles. The normalized spacial score (nSPS) is 10.1. The molecule has 1 aromatic heterocycles. The van der Waals surface area contributed by atoms with E-state index in [1.165, 1.54) is 0 Å². The van der Waals surface area contributed by atoms with Crippen LogP contribution in [-0.4, -0.2) is 10.8 Å². The van der Waals surface area contributed by atoms with Crippen molar-refractivity contribution in [3.8, 4) is 11.6 Å². The van der Waals surface area contributed by atoms with E-state index in [0.29, 0.717) is 16.3 Å². The molecule has 2 rings (SSSR count). The summed E-state index contributed by atoms with van der Waals surface area (Å²) in [4.78, 5) is 4.05. The Hall–Kier alpha value is -1.59. The Morgan fingerprint density at radius 3 is 2.89 bits per heavy atom. The molecule has 0 spiro atoms. The van der Waals surface area contributed by atoms with E-state index in [1.54, 1.807) is 36.5 Å². The van der Waals surface area contributed by atoms with Gasteiger partial charge in [-0.25, -0.2) is 4.98 Å². The van der Waals surface area contributed by atoms with E-state index in [0.717, 1.165) is 4.47 Å². The summed E-state index contributed by atoms with van der Waals surface area (Å²) in [5, 5.41) is 7.91. The first-order valence-corrected chi connectivity index (χ1v) is 6.17. The first kappa shape index (κ1) is 12.9. The zero-order chi connectivity index (χ0) is 13.1. The molecule has 1 aromatic carbocycles. The molecule has 4 nitrogen and oxygen atoms in total. The van der Waals surface area contributed by atoms with E-state index in [1.807, 2.05) is 0 Å². The van der Waals surface area contributed by atoms with Crippen molar-refractivity contribution in [1.29, 1.82) is 5.41 Å². The highest BCUT2D eigenvalue weighted by atomic mass is 79.9. The summed E-state index contributed by atoms with van der Waals surface area (Å²) in [6.45, 7) is 0. The molecule has 0 fully saturated rings. The summed E-state index contributed by atoms with van der Waals surface area (Å²) in [7, 11) is 0. The number of nitrogens with zero attached hydrogens (tertiary/aromatic N) is 1. The molecule has 6 heteroatoms. The average Bonchev–Trinajstić information content (AvgIpc) is 2.34. The van der Waals surface area contributed by atoms with Crippen LogP contribution < -0.4 is 10.5 Å². The Kier molecular flexibility index (Phi) is 3.84. The summed E-state index contributed by atoms with van der Waals surface area (Å²) < 4.78 is 6.42. The molecule has 18 heavy (non-hydrogen) atoms. The van der Waals surface area contributed by atoms with Gasteiger partial charge < -0.3 is 10.5 Å². The number of hydrogen-bond donors (Lipinski definition) is 2. The third kappa shape index (κ3) is 2.80. The van der Waals surface area contributed by atoms with Gasteiger partial charge in [-0.1, -0.05) is 27.5 Å². The molecular weight excluding hydrogens is 318 g/mol. The van der Waals surface area contributed by atoms with Crippen LogP contribution in [0.2, 0.25) is 5.02 Å². The fourth-order valence-electron chi connectivity index (χ4n) is 1.34. The smallest absolute Gasteiger partial charge is 0.230 e. The molecule has 0 saturated carbocycles. The SMILES string of the molecule is N=C(N)c1cccnc1Oc1cc(Br)ccc1Cl. The molecule has 0 saturated heterocycles. The molecule has 0 unspecified atom stereocenters. The second kappa shape index (κ2) is 5.37. The van der Waals surface area contributed by atoms with Crippen LogP contribution in [0.1, 0.15) is 5.56 Å². The third-order valence-electron chi connectivity index (χ3n) is 2.16. The minimum absolute atomic E-state index is 0.107. The average molecular weight is 327 g/mol. The van der Waals surface area contributed by atoms with E-state index < -0.39 is 0 Å². The summed E-state index contributed by atoms with van der Waals surface area (Å²) in [5.41, 5.74) is 5.88. The summed E-state index contributed by atoms with van der Waals surface area (Å²) >= 11 is 9.35. The lowest BCUT2D eigenvalue weighted by molar-refractivity contribution is 0.461. The largest absolute Gasteiger partial charge is 0.437 e. The highest BCUT2D eigenvalue weighted by molar-refractivity contribution is 9.10. The second-order valence-corrected chi connectivity index (χ2v) is 4.77. The Bertz CT molecular complexity index is 604. The summed E-state index contributed by atoms with van der Waals surface area (Å²) in [6.07, 6.45) is 1.56. The molecular formula is C12H9BrClN3O. The zero-order valence-electron chi connectivity index (χ0n) is 9.15. The fraction of sp³-hybridized carbons (Fsp3) is 0. The number of amidine groups is 1. The van der Waals surface area contributed by atoms with Gasteiger partial charge in [0.25, 0.3) is 0 Å². The van der Waals surface area contributed by atoms with Gasteiger partial charge in [0.1, 0.15) is 11.6 Å². The van der Waals surface area contributed by atoms with Crippen molar-refractivity contribution in [2.75, 3.05) is 0 Å². The van der Waals surface area contributed by atoms with Gasteiger partial charge in [0, 0.05) is 10.7 Å². The Balaban J connectivity index is 2.40. The number of pyridine rings is 1. The van der Waals surface area contributed by atoms with Crippen LogP contribution >= 0.6 is 27.5 Å². The van der Waals surface area contributed by atoms with Gasteiger partial charge in [-0.15, -0.1) is 0 Å². The first-order chi connectivity index (χ1) is 8.58. The van der Waals surface area contributed by atoms with Crippen LogP contribution in [0.15, 0.2) is 41.0 Å². The molecule has 1 heterocycles. The van der Waals surface area contributed by atoms with Gasteiger partial charge >= 0.3 is 0 Å². The molecule has 3 N–H and O–H groups in total. The predicted molar refractivity (Wildman–Crippen MR) is 74.5 cm³/mol. The quantitative estimate of drug-likeness (QED) is 0.669. The molecule has 0 aliphatic rings. The van der Waals surface area contributed by atoms with Crippen molar-refractivity contribution in [1.82, 2.24) is 4.98 Å². The minimum atomic E-state index is -0.107. The molecule has 0 radical (unpaired) electrons. The molecule has 0 aliphatic carbocycles. The van der Waals surface area contributed by atoms with Gasteiger partial charge in [0.15, 0.2) is 0 Å². The number of aromatic nitrogens is 1. The summed E-state index contributed by atoms with van der Waals surface area (Å²) in [5.74, 6) is 0.599. The highest BCUT2D eigenvalue weighted by Crippen LogP contribution is 2.32. The maximum Gasteiger partial charge on any atom is 0.230 e. The van der Waals surface area contributed by atoms with Crippen molar-refractivity contribution in [3.63, 3.8) is 0 Å². The van der Waals surface area contributed by atoms with Gasteiger partial charge in [-0.3, -0.25) is 5.41 Å². The van der Waals surface area contributed by atoms with Crippen molar-refractivity contribution < 1.29 is 4.74 Å². The van der Waals surface area contributed by atoms with E-state index >= 15 is 0 Å². The molecule has 0 amide bonds. The lowest BCUT2D eigenvalue weighted by Gasteiger charge is -2.10. The van der Waals surface area contributed by atoms with Crippen LogP contribution in [0.25, 0.3) is 0 Å². The number of hydrogen-bond acceptors (Lipinski definition) is 3.